The zero-order valence-electron chi connectivity index (χ0n) is 21.7. The van der Waals surface area contributed by atoms with E-state index in [1.165, 1.54) is 11.1 Å². The summed E-state index contributed by atoms with van der Waals surface area (Å²) in [5, 5.41) is 11.7. The summed E-state index contributed by atoms with van der Waals surface area (Å²) in [5.41, 5.74) is 3.07. The second kappa shape index (κ2) is 6.20. The molecule has 3 aliphatic heterocycles. The highest BCUT2D eigenvalue weighted by Crippen LogP contribution is 2.77. The molecule has 3 saturated heterocycles. The Morgan fingerprint density at radius 2 is 1.83 bits per heavy atom. The Kier molecular flexibility index (Phi) is 3.81. The van der Waals surface area contributed by atoms with Crippen LogP contribution in [0.15, 0.2) is 34.4 Å². The molecule has 0 unspecified atom stereocenters. The first-order valence-electron chi connectivity index (χ1n) is 13.9. The number of rotatable bonds is 0. The second-order valence-corrected chi connectivity index (χ2v) is 13.8. The van der Waals surface area contributed by atoms with E-state index in [9.17, 15) is 14.7 Å². The van der Waals surface area contributed by atoms with E-state index in [1.54, 1.807) is 0 Å². The molecule has 3 heterocycles. The lowest BCUT2D eigenvalue weighted by molar-refractivity contribution is -0.154. The molecule has 0 amide bonds. The minimum atomic E-state index is -0.971. The molecule has 192 valence electrons. The summed E-state index contributed by atoms with van der Waals surface area (Å²) >= 11 is 0. The van der Waals surface area contributed by atoms with E-state index in [2.05, 4.69) is 27.4 Å². The van der Waals surface area contributed by atoms with Crippen molar-refractivity contribution in [2.45, 2.75) is 102 Å². The van der Waals surface area contributed by atoms with Gasteiger partial charge in [0, 0.05) is 28.7 Å². The minimum Gasteiger partial charge on any atom is -0.461 e. The molecule has 8 aliphatic rings. The van der Waals surface area contributed by atoms with Crippen LogP contribution in [0, 0.1) is 34.5 Å². The van der Waals surface area contributed by atoms with Crippen LogP contribution in [0.2, 0.25) is 0 Å². The third-order valence-corrected chi connectivity index (χ3v) is 12.3. The van der Waals surface area contributed by atoms with Crippen molar-refractivity contribution in [3.63, 3.8) is 0 Å². The molecule has 5 aliphatic carbocycles. The molecular formula is C30H36O6. The van der Waals surface area contributed by atoms with Crippen LogP contribution >= 0.6 is 0 Å². The zero-order valence-corrected chi connectivity index (χ0v) is 21.7. The van der Waals surface area contributed by atoms with Crippen molar-refractivity contribution in [3.8, 4) is 0 Å². The third-order valence-electron chi connectivity index (χ3n) is 12.3. The number of fused-ring (bicyclic) bond motifs is 13. The summed E-state index contributed by atoms with van der Waals surface area (Å²) in [6.45, 7) is 12.6. The summed E-state index contributed by atoms with van der Waals surface area (Å²) < 4.78 is 18.7. The molecule has 1 N–H and O–H groups in total. The van der Waals surface area contributed by atoms with E-state index in [4.69, 9.17) is 14.2 Å². The van der Waals surface area contributed by atoms with Gasteiger partial charge in [-0.05, 0) is 82.8 Å². The van der Waals surface area contributed by atoms with Crippen molar-refractivity contribution in [1.29, 1.82) is 0 Å². The predicted octanol–water partition coefficient (Wildman–Crippen LogP) is 4.17. The van der Waals surface area contributed by atoms with E-state index < -0.39 is 22.5 Å². The summed E-state index contributed by atoms with van der Waals surface area (Å²) in [6, 6.07) is 0. The maximum atomic E-state index is 14.2. The monoisotopic (exact) mass is 492 g/mol. The molecule has 2 bridgehead atoms. The number of esters is 2. The summed E-state index contributed by atoms with van der Waals surface area (Å²) in [7, 11) is 0. The molecule has 0 aromatic carbocycles. The molecule has 8 rings (SSSR count). The van der Waals surface area contributed by atoms with Gasteiger partial charge >= 0.3 is 11.9 Å². The maximum absolute atomic E-state index is 14.2. The van der Waals surface area contributed by atoms with E-state index in [0.29, 0.717) is 24.8 Å². The molecule has 6 nitrogen and oxygen atoms in total. The fraction of sp³-hybridized carbons (Fsp3) is 0.733. The van der Waals surface area contributed by atoms with Gasteiger partial charge in [0.25, 0.3) is 0 Å². The molecule has 0 radical (unpaired) electrons. The minimum absolute atomic E-state index is 0.0794. The number of epoxide rings is 1. The Hall–Kier alpha value is -1.92. The number of hydrogen-bond acceptors (Lipinski definition) is 6. The Labute approximate surface area is 212 Å². The Morgan fingerprint density at radius 3 is 2.61 bits per heavy atom. The van der Waals surface area contributed by atoms with E-state index in [0.717, 1.165) is 36.8 Å². The SMILES string of the molecule is C=C1C(=O)O[C@@H]2C3=C([C@H]4C[C@]3(C)[C@]3(C4)C(=O)O[C@H]4[C@H]3CCC(C)=C3C[C@H]5O[C@@]5(C)[C@@H]34)[C@@](C)(O)CC[C@@H]12. The van der Waals surface area contributed by atoms with Crippen LogP contribution in [-0.2, 0) is 23.8 Å². The van der Waals surface area contributed by atoms with Crippen LogP contribution < -0.4 is 0 Å². The largest absolute Gasteiger partial charge is 0.461 e. The Morgan fingerprint density at radius 1 is 1.06 bits per heavy atom. The van der Waals surface area contributed by atoms with Gasteiger partial charge in [0.15, 0.2) is 0 Å². The van der Waals surface area contributed by atoms with Gasteiger partial charge in [0.2, 0.25) is 0 Å². The topological polar surface area (TPSA) is 85.4 Å². The van der Waals surface area contributed by atoms with Gasteiger partial charge in [0.1, 0.15) is 17.8 Å². The number of allylic oxidation sites excluding steroid dienone is 1. The van der Waals surface area contributed by atoms with Crippen molar-refractivity contribution in [2.24, 2.45) is 34.5 Å². The van der Waals surface area contributed by atoms with E-state index in [1.807, 2.05) is 6.92 Å². The average molecular weight is 493 g/mol. The molecule has 2 saturated carbocycles. The Bertz CT molecular complexity index is 1240. The molecule has 0 aromatic heterocycles. The van der Waals surface area contributed by atoms with Gasteiger partial charge in [-0.15, -0.1) is 0 Å². The van der Waals surface area contributed by atoms with Crippen LogP contribution in [0.4, 0.5) is 0 Å². The molecule has 6 heteroatoms. The fourth-order valence-electron chi connectivity index (χ4n) is 10.7. The van der Waals surface area contributed by atoms with Gasteiger partial charge in [0.05, 0.1) is 17.1 Å². The number of ether oxygens (including phenoxy) is 3. The van der Waals surface area contributed by atoms with Crippen LogP contribution in [-0.4, -0.2) is 46.6 Å². The highest BCUT2D eigenvalue weighted by atomic mass is 16.6. The third kappa shape index (κ3) is 2.19. The van der Waals surface area contributed by atoms with Gasteiger partial charge in [-0.3, -0.25) is 4.79 Å². The number of carbonyl (C=O) groups is 2. The summed E-state index contributed by atoms with van der Waals surface area (Å²) in [4.78, 5) is 26.9. The lowest BCUT2D eigenvalue weighted by atomic mass is 9.52. The normalized spacial score (nSPS) is 56.1. The van der Waals surface area contributed by atoms with Crippen molar-refractivity contribution in [3.05, 3.63) is 34.4 Å². The number of hydrogen-bond donors (Lipinski definition) is 1. The first-order valence-corrected chi connectivity index (χ1v) is 13.9. The summed E-state index contributed by atoms with van der Waals surface area (Å²) in [5.74, 6) is -0.248. The van der Waals surface area contributed by atoms with Crippen LogP contribution in [0.3, 0.4) is 0 Å². The average Bonchev–Trinajstić information content (AvgIpc) is 3.05. The highest BCUT2D eigenvalue weighted by molar-refractivity contribution is 5.92. The molecular weight excluding hydrogens is 456 g/mol. The quantitative estimate of drug-likeness (QED) is 0.236. The van der Waals surface area contributed by atoms with Gasteiger partial charge in [-0.1, -0.05) is 24.6 Å². The zero-order chi connectivity index (χ0) is 25.2. The molecule has 36 heavy (non-hydrogen) atoms. The molecule has 1 spiro atoms. The maximum Gasteiger partial charge on any atom is 0.334 e. The van der Waals surface area contributed by atoms with Crippen molar-refractivity contribution in [2.75, 3.05) is 0 Å². The summed E-state index contributed by atoms with van der Waals surface area (Å²) in [6.07, 6.45) is 5.25. The van der Waals surface area contributed by atoms with Crippen LogP contribution in [0.25, 0.3) is 0 Å². The van der Waals surface area contributed by atoms with Crippen molar-refractivity contribution >= 4 is 11.9 Å². The standard InChI is InChI=1S/C30H36O6/c1-13-6-7-18-24(21-17(13)10-19-29(21,5)36-19)35-26(32)30(18)12-15-11-27(30,3)22-20(15)28(4,33)9-8-16-14(2)25(31)34-23(16)22/h15-16,18-19,21,23-24,33H,2,6-12H2,1,3-5H3/t15-,16-,18+,19+,21-,23-,24-,27-,28-,29+,30-/m0/s1. The second-order valence-electron chi connectivity index (χ2n) is 13.8. The smallest absolute Gasteiger partial charge is 0.334 e. The molecule has 5 fully saturated rings. The molecule has 11 atom stereocenters. The number of aliphatic hydroxyl groups is 1. The first kappa shape index (κ1) is 22.1. The van der Waals surface area contributed by atoms with Crippen molar-refractivity contribution < 1.29 is 28.9 Å². The van der Waals surface area contributed by atoms with Gasteiger partial charge < -0.3 is 19.3 Å². The lowest BCUT2D eigenvalue weighted by Crippen LogP contribution is -2.51. The van der Waals surface area contributed by atoms with E-state index >= 15 is 0 Å². The molecule has 0 aromatic rings. The van der Waals surface area contributed by atoms with Crippen LogP contribution in [0.1, 0.15) is 72.6 Å². The van der Waals surface area contributed by atoms with Gasteiger partial charge in [-0.25, -0.2) is 4.79 Å². The number of carbonyl (C=O) groups excluding carboxylic acids is 2. The fourth-order valence-corrected chi connectivity index (χ4v) is 10.7. The van der Waals surface area contributed by atoms with Crippen molar-refractivity contribution in [1.82, 2.24) is 0 Å². The lowest BCUT2D eigenvalue weighted by Gasteiger charge is -2.48. The Balaban J connectivity index is 1.29. The predicted molar refractivity (Wildman–Crippen MR) is 129 cm³/mol. The van der Waals surface area contributed by atoms with Crippen LogP contribution in [0.5, 0.6) is 0 Å². The van der Waals surface area contributed by atoms with E-state index in [-0.39, 0.29) is 53.4 Å². The first-order chi connectivity index (χ1) is 16.9. The highest BCUT2D eigenvalue weighted by Gasteiger charge is 2.79. The van der Waals surface area contributed by atoms with Gasteiger partial charge in [-0.2, -0.15) is 0 Å².